The number of amides is 1. The molecule has 1 aromatic heterocycles. The molecule has 1 amide bonds. The molecule has 2 unspecified atom stereocenters. The zero-order chi connectivity index (χ0) is 15.9. The summed E-state index contributed by atoms with van der Waals surface area (Å²) in [5.41, 5.74) is 0.581. The number of halogens is 2. The van der Waals surface area contributed by atoms with E-state index in [1.165, 1.54) is 11.0 Å². The zero-order valence-corrected chi connectivity index (χ0v) is 11.8. The number of aryl methyl sites for hydroxylation is 1. The van der Waals surface area contributed by atoms with Crippen LogP contribution in [-0.4, -0.2) is 33.7 Å². The maximum atomic E-state index is 14.0. The Bertz CT molecular complexity index is 717. The summed E-state index contributed by atoms with van der Waals surface area (Å²) >= 11 is 0. The Kier molecular flexibility index (Phi) is 3.66. The van der Waals surface area contributed by atoms with Crippen molar-refractivity contribution in [1.82, 2.24) is 10.1 Å². The van der Waals surface area contributed by atoms with E-state index in [2.05, 4.69) is 5.16 Å². The maximum absolute atomic E-state index is 14.0. The van der Waals surface area contributed by atoms with Crippen LogP contribution < -0.4 is 0 Å². The van der Waals surface area contributed by atoms with Crippen LogP contribution in [0.4, 0.5) is 8.78 Å². The average molecular weight is 308 g/mol. The van der Waals surface area contributed by atoms with Crippen LogP contribution in [0.3, 0.4) is 0 Å². The number of carbonyl (C=O) groups excluding carboxylic acids is 1. The molecule has 1 aliphatic rings. The highest BCUT2D eigenvalue weighted by Gasteiger charge is 2.38. The molecule has 1 aromatic carbocycles. The number of rotatable bonds is 2. The summed E-state index contributed by atoms with van der Waals surface area (Å²) in [5.74, 6) is -1.72. The van der Waals surface area contributed by atoms with Gasteiger partial charge in [-0.25, -0.2) is 8.78 Å². The molecule has 1 N–H and O–H groups in total. The van der Waals surface area contributed by atoms with Crippen LogP contribution in [0.25, 0.3) is 0 Å². The summed E-state index contributed by atoms with van der Waals surface area (Å²) in [7, 11) is 0. The van der Waals surface area contributed by atoms with Gasteiger partial charge in [0.25, 0.3) is 5.91 Å². The minimum absolute atomic E-state index is 0.00779. The number of hydrogen-bond acceptors (Lipinski definition) is 4. The van der Waals surface area contributed by atoms with Crippen molar-refractivity contribution in [2.75, 3.05) is 6.54 Å². The first-order valence-corrected chi connectivity index (χ1v) is 6.83. The summed E-state index contributed by atoms with van der Waals surface area (Å²) in [4.78, 5) is 13.7. The standard InChI is InChI=1S/C15H14F2N2O3/c1-8-4-14(22-18-8)15(21)19-7-10(20)6-13(19)11-5-9(16)2-3-12(11)17/h2-5,10,13,20H,6-7H2,1H3. The van der Waals surface area contributed by atoms with Crippen molar-refractivity contribution in [1.29, 1.82) is 0 Å². The van der Waals surface area contributed by atoms with Gasteiger partial charge in [-0.2, -0.15) is 0 Å². The third kappa shape index (κ3) is 2.59. The molecule has 7 heteroatoms. The van der Waals surface area contributed by atoms with E-state index in [1.807, 2.05) is 0 Å². The van der Waals surface area contributed by atoms with Crippen molar-refractivity contribution in [3.63, 3.8) is 0 Å². The molecule has 0 bridgehead atoms. The molecule has 5 nitrogen and oxygen atoms in total. The SMILES string of the molecule is Cc1cc(C(=O)N2CC(O)CC2c2cc(F)ccc2F)on1. The highest BCUT2D eigenvalue weighted by molar-refractivity contribution is 5.92. The van der Waals surface area contributed by atoms with Gasteiger partial charge in [0.05, 0.1) is 17.8 Å². The van der Waals surface area contributed by atoms with E-state index >= 15 is 0 Å². The summed E-state index contributed by atoms with van der Waals surface area (Å²) in [5, 5.41) is 13.5. The molecule has 2 aromatic rings. The predicted octanol–water partition coefficient (Wildman–Crippen LogP) is 2.21. The van der Waals surface area contributed by atoms with E-state index < -0.39 is 29.7 Å². The number of nitrogens with zero attached hydrogens (tertiary/aromatic N) is 2. The van der Waals surface area contributed by atoms with Gasteiger partial charge in [0.1, 0.15) is 11.6 Å². The van der Waals surface area contributed by atoms with Crippen LogP contribution in [0.2, 0.25) is 0 Å². The lowest BCUT2D eigenvalue weighted by Crippen LogP contribution is -2.32. The van der Waals surface area contributed by atoms with E-state index in [4.69, 9.17) is 4.52 Å². The summed E-state index contributed by atoms with van der Waals surface area (Å²) in [6.45, 7) is 1.70. The predicted molar refractivity (Wildman–Crippen MR) is 72.0 cm³/mol. The van der Waals surface area contributed by atoms with E-state index in [1.54, 1.807) is 6.92 Å². The number of benzene rings is 1. The van der Waals surface area contributed by atoms with Gasteiger partial charge in [-0.1, -0.05) is 5.16 Å². The fourth-order valence-corrected chi connectivity index (χ4v) is 2.71. The van der Waals surface area contributed by atoms with Gasteiger partial charge in [0.2, 0.25) is 5.76 Å². The fourth-order valence-electron chi connectivity index (χ4n) is 2.71. The van der Waals surface area contributed by atoms with E-state index in [0.29, 0.717) is 5.69 Å². The largest absolute Gasteiger partial charge is 0.391 e. The first kappa shape index (κ1) is 14.6. The molecule has 116 valence electrons. The summed E-state index contributed by atoms with van der Waals surface area (Å²) in [6, 6.07) is 3.78. The maximum Gasteiger partial charge on any atom is 0.293 e. The number of carbonyl (C=O) groups is 1. The zero-order valence-electron chi connectivity index (χ0n) is 11.8. The lowest BCUT2D eigenvalue weighted by atomic mass is 10.0. The van der Waals surface area contributed by atoms with Gasteiger partial charge in [0.15, 0.2) is 0 Å². The van der Waals surface area contributed by atoms with E-state index in [0.717, 1.165) is 18.2 Å². The van der Waals surface area contributed by atoms with Crippen LogP contribution in [0.15, 0.2) is 28.8 Å². The molecule has 0 saturated carbocycles. The van der Waals surface area contributed by atoms with Gasteiger partial charge in [-0.3, -0.25) is 4.79 Å². The van der Waals surface area contributed by atoms with Crippen LogP contribution in [0.5, 0.6) is 0 Å². The van der Waals surface area contributed by atoms with Crippen molar-refractivity contribution in [3.8, 4) is 0 Å². The van der Waals surface area contributed by atoms with Crippen LogP contribution in [-0.2, 0) is 0 Å². The first-order valence-electron chi connectivity index (χ1n) is 6.83. The minimum Gasteiger partial charge on any atom is -0.391 e. The van der Waals surface area contributed by atoms with E-state index in [-0.39, 0.29) is 24.3 Å². The Morgan fingerprint density at radius 2 is 2.18 bits per heavy atom. The number of hydrogen-bond donors (Lipinski definition) is 1. The second kappa shape index (κ2) is 5.49. The average Bonchev–Trinajstić information content (AvgIpc) is 3.07. The molecule has 0 spiro atoms. The lowest BCUT2D eigenvalue weighted by molar-refractivity contribution is 0.0671. The molecule has 2 atom stereocenters. The monoisotopic (exact) mass is 308 g/mol. The summed E-state index contributed by atoms with van der Waals surface area (Å²) in [6.07, 6.45) is -0.667. The highest BCUT2D eigenvalue weighted by Crippen LogP contribution is 2.35. The first-order chi connectivity index (χ1) is 10.5. The molecule has 1 aliphatic heterocycles. The Labute approximate surface area is 125 Å². The van der Waals surface area contributed by atoms with Crippen molar-refractivity contribution in [2.24, 2.45) is 0 Å². The molecule has 3 rings (SSSR count). The molecular formula is C15H14F2N2O3. The Hall–Kier alpha value is -2.28. The fraction of sp³-hybridized carbons (Fsp3) is 0.333. The number of likely N-dealkylation sites (tertiary alicyclic amines) is 1. The summed E-state index contributed by atoms with van der Waals surface area (Å²) < 4.78 is 32.3. The third-order valence-corrected chi connectivity index (χ3v) is 3.70. The van der Waals surface area contributed by atoms with Crippen molar-refractivity contribution >= 4 is 5.91 Å². The lowest BCUT2D eigenvalue weighted by Gasteiger charge is -2.23. The molecule has 1 saturated heterocycles. The van der Waals surface area contributed by atoms with Crippen LogP contribution in [0.1, 0.15) is 34.3 Å². The molecule has 22 heavy (non-hydrogen) atoms. The number of β-amino-alcohol motifs (C(OH)–C–C–N with tert-alkyl or cyclic N) is 1. The Balaban J connectivity index is 1.95. The van der Waals surface area contributed by atoms with Crippen molar-refractivity contribution < 1.29 is 23.2 Å². The quantitative estimate of drug-likeness (QED) is 0.923. The topological polar surface area (TPSA) is 66.6 Å². The molecule has 1 fully saturated rings. The Morgan fingerprint density at radius 1 is 1.41 bits per heavy atom. The molecule has 0 aliphatic carbocycles. The van der Waals surface area contributed by atoms with E-state index in [9.17, 15) is 18.7 Å². The number of aromatic nitrogens is 1. The van der Waals surface area contributed by atoms with Crippen LogP contribution >= 0.6 is 0 Å². The second-order valence-corrected chi connectivity index (χ2v) is 5.36. The number of aliphatic hydroxyl groups excluding tert-OH is 1. The molecular weight excluding hydrogens is 294 g/mol. The van der Waals surface area contributed by atoms with Crippen molar-refractivity contribution in [3.05, 3.63) is 52.9 Å². The smallest absolute Gasteiger partial charge is 0.293 e. The van der Waals surface area contributed by atoms with Crippen LogP contribution in [0, 0.1) is 18.6 Å². The minimum atomic E-state index is -0.805. The second-order valence-electron chi connectivity index (χ2n) is 5.36. The number of aliphatic hydroxyl groups is 1. The van der Waals surface area contributed by atoms with Crippen molar-refractivity contribution in [2.45, 2.75) is 25.5 Å². The van der Waals surface area contributed by atoms with Gasteiger partial charge in [-0.15, -0.1) is 0 Å². The normalized spacial score (nSPS) is 21.4. The highest BCUT2D eigenvalue weighted by atomic mass is 19.1. The third-order valence-electron chi connectivity index (χ3n) is 3.70. The van der Waals surface area contributed by atoms with Gasteiger partial charge in [0, 0.05) is 18.2 Å². The Morgan fingerprint density at radius 3 is 2.86 bits per heavy atom. The van der Waals surface area contributed by atoms with Gasteiger partial charge >= 0.3 is 0 Å². The molecule has 2 heterocycles. The molecule has 0 radical (unpaired) electrons. The van der Waals surface area contributed by atoms with Gasteiger partial charge in [-0.05, 0) is 31.5 Å². The van der Waals surface area contributed by atoms with Gasteiger partial charge < -0.3 is 14.5 Å².